The quantitative estimate of drug-likeness (QED) is 0.518. The van der Waals surface area contributed by atoms with E-state index in [2.05, 4.69) is 0 Å². The van der Waals surface area contributed by atoms with Crippen molar-refractivity contribution >= 4 is 17.0 Å². The molecule has 1 fully saturated rings. The van der Waals surface area contributed by atoms with Crippen LogP contribution in [-0.2, 0) is 20.6 Å². The number of fused-ring (bicyclic) bond motifs is 4. The first kappa shape index (κ1) is 20.7. The number of carboxylic acid groups (broad SMARTS) is 1. The fourth-order valence-electron chi connectivity index (χ4n) is 4.97. The predicted octanol–water partition coefficient (Wildman–Crippen LogP) is 4.48. The van der Waals surface area contributed by atoms with Crippen LogP contribution in [0.3, 0.4) is 0 Å². The highest BCUT2D eigenvalue weighted by Crippen LogP contribution is 2.57. The molecule has 32 heavy (non-hydrogen) atoms. The van der Waals surface area contributed by atoms with Crippen LogP contribution in [0.25, 0.3) is 16.6 Å². The number of nitrogens with one attached hydrogen (secondary N) is 1. The van der Waals surface area contributed by atoms with Gasteiger partial charge in [-0.1, -0.05) is 19.9 Å². The van der Waals surface area contributed by atoms with E-state index < -0.39 is 34.8 Å². The van der Waals surface area contributed by atoms with Crippen molar-refractivity contribution in [2.24, 2.45) is 0 Å². The van der Waals surface area contributed by atoms with E-state index >= 15 is 0 Å². The molecule has 3 aromatic rings. The topological polar surface area (TPSA) is 93.0 Å². The molecular formula is C23H22F2N2O5. The molecule has 2 heterocycles. The normalized spacial score (nSPS) is 23.7. The third-order valence-electron chi connectivity index (χ3n) is 6.37. The van der Waals surface area contributed by atoms with Crippen LogP contribution in [-0.4, -0.2) is 33.6 Å². The standard InChI is InChI=1S/C23H22F2N2O5/c1-22(2)11-31-23(9-13(10-23)32-26-21(29)30)19-18-16(4-3-5-17(18)28)27(20(19)22)12-6-7-14(24)15(25)8-12/h3-8,13,26,28H,9-11H2,1-2H3,(H,29,30). The molecule has 5 rings (SSSR count). The van der Waals surface area contributed by atoms with Crippen LogP contribution in [0.1, 0.15) is 37.9 Å². The molecule has 7 nitrogen and oxygen atoms in total. The molecule has 1 aliphatic heterocycles. The number of halogens is 2. The van der Waals surface area contributed by atoms with Crippen LogP contribution >= 0.6 is 0 Å². The second kappa shape index (κ2) is 6.91. The van der Waals surface area contributed by atoms with E-state index in [1.54, 1.807) is 12.1 Å². The number of hydrogen-bond acceptors (Lipinski definition) is 4. The number of hydroxylamine groups is 1. The van der Waals surface area contributed by atoms with Crippen molar-refractivity contribution in [1.82, 2.24) is 10.0 Å². The number of phenols is 1. The summed E-state index contributed by atoms with van der Waals surface area (Å²) in [5, 5.41) is 20.2. The Morgan fingerprint density at radius 3 is 2.66 bits per heavy atom. The Morgan fingerprint density at radius 1 is 1.22 bits per heavy atom. The number of phenolic OH excluding ortho intramolecular Hbond substituents is 1. The SMILES string of the molecule is CC1(C)COC2(CC(ONC(=O)O)C2)c2c1n(-c1ccc(F)c(F)c1)c1cccc(O)c21. The van der Waals surface area contributed by atoms with Gasteiger partial charge in [0.15, 0.2) is 11.6 Å². The van der Waals surface area contributed by atoms with Crippen LogP contribution in [0.15, 0.2) is 36.4 Å². The Bertz CT molecular complexity index is 1250. The molecule has 1 spiro atoms. The number of aromatic nitrogens is 1. The van der Waals surface area contributed by atoms with Gasteiger partial charge in [0.2, 0.25) is 0 Å². The molecule has 0 bridgehead atoms. The highest BCUT2D eigenvalue weighted by Gasteiger charge is 2.56. The van der Waals surface area contributed by atoms with Crippen LogP contribution in [0, 0.1) is 11.6 Å². The van der Waals surface area contributed by atoms with Gasteiger partial charge in [-0.3, -0.25) is 4.84 Å². The van der Waals surface area contributed by atoms with Gasteiger partial charge in [0.05, 0.1) is 18.2 Å². The third kappa shape index (κ3) is 2.96. The molecule has 2 aliphatic rings. The summed E-state index contributed by atoms with van der Waals surface area (Å²) in [6.45, 7) is 4.33. The average Bonchev–Trinajstić information content (AvgIpc) is 3.06. The van der Waals surface area contributed by atoms with Gasteiger partial charge in [-0.15, -0.1) is 0 Å². The molecule has 0 atom stereocenters. The zero-order valence-corrected chi connectivity index (χ0v) is 17.5. The molecule has 1 aromatic heterocycles. The summed E-state index contributed by atoms with van der Waals surface area (Å²) in [6, 6.07) is 8.82. The summed E-state index contributed by atoms with van der Waals surface area (Å²) in [5.41, 5.74) is 3.30. The lowest BCUT2D eigenvalue weighted by Gasteiger charge is -2.52. The van der Waals surface area contributed by atoms with E-state index in [4.69, 9.17) is 14.7 Å². The fourth-order valence-corrected chi connectivity index (χ4v) is 4.97. The van der Waals surface area contributed by atoms with E-state index in [1.165, 1.54) is 6.07 Å². The summed E-state index contributed by atoms with van der Waals surface area (Å²) in [7, 11) is 0. The maximum Gasteiger partial charge on any atom is 0.428 e. The zero-order valence-electron chi connectivity index (χ0n) is 17.5. The second-order valence-electron chi connectivity index (χ2n) is 9.05. The molecule has 9 heteroatoms. The van der Waals surface area contributed by atoms with Gasteiger partial charge >= 0.3 is 6.09 Å². The van der Waals surface area contributed by atoms with E-state index in [1.807, 2.05) is 30.0 Å². The van der Waals surface area contributed by atoms with Crippen molar-refractivity contribution < 1.29 is 33.4 Å². The van der Waals surface area contributed by atoms with Crippen molar-refractivity contribution in [3.8, 4) is 11.4 Å². The first-order valence-electron chi connectivity index (χ1n) is 10.2. The van der Waals surface area contributed by atoms with Gasteiger partial charge in [-0.2, -0.15) is 5.48 Å². The Hall–Kier alpha value is -3.17. The smallest absolute Gasteiger partial charge is 0.428 e. The van der Waals surface area contributed by atoms with Gasteiger partial charge in [-0.25, -0.2) is 13.6 Å². The first-order valence-corrected chi connectivity index (χ1v) is 10.2. The molecule has 0 unspecified atom stereocenters. The second-order valence-corrected chi connectivity index (χ2v) is 9.05. The molecule has 0 radical (unpaired) electrons. The molecular weight excluding hydrogens is 422 g/mol. The number of hydrogen-bond donors (Lipinski definition) is 3. The largest absolute Gasteiger partial charge is 0.507 e. The van der Waals surface area contributed by atoms with Crippen molar-refractivity contribution in [1.29, 1.82) is 0 Å². The summed E-state index contributed by atoms with van der Waals surface area (Å²) in [4.78, 5) is 16.0. The van der Waals surface area contributed by atoms with Crippen molar-refractivity contribution in [3.63, 3.8) is 0 Å². The van der Waals surface area contributed by atoms with Crippen molar-refractivity contribution in [2.45, 2.75) is 43.8 Å². The van der Waals surface area contributed by atoms with Gasteiger partial charge in [-0.05, 0) is 24.3 Å². The van der Waals surface area contributed by atoms with Gasteiger partial charge < -0.3 is 19.5 Å². The molecule has 0 saturated heterocycles. The average molecular weight is 444 g/mol. The molecule has 3 N–H and O–H groups in total. The van der Waals surface area contributed by atoms with E-state index in [0.717, 1.165) is 23.4 Å². The Morgan fingerprint density at radius 2 is 1.97 bits per heavy atom. The lowest BCUT2D eigenvalue weighted by Crippen LogP contribution is -2.55. The number of aromatic hydroxyl groups is 1. The molecule has 168 valence electrons. The number of ether oxygens (including phenoxy) is 1. The van der Waals surface area contributed by atoms with Crippen LogP contribution in [0.2, 0.25) is 0 Å². The molecule has 1 saturated carbocycles. The third-order valence-corrected chi connectivity index (χ3v) is 6.37. The Kier molecular flexibility index (Phi) is 4.48. The van der Waals surface area contributed by atoms with Gasteiger partial charge in [0, 0.05) is 46.7 Å². The Labute approximate surface area is 182 Å². The minimum absolute atomic E-state index is 0.0498. The van der Waals surface area contributed by atoms with Gasteiger partial charge in [0.1, 0.15) is 11.4 Å². The van der Waals surface area contributed by atoms with Crippen molar-refractivity contribution in [2.75, 3.05) is 6.61 Å². The number of benzene rings is 2. The zero-order chi connectivity index (χ0) is 22.8. The Balaban J connectivity index is 1.74. The maximum absolute atomic E-state index is 14.2. The maximum atomic E-state index is 14.2. The summed E-state index contributed by atoms with van der Waals surface area (Å²) >= 11 is 0. The first-order chi connectivity index (χ1) is 15.1. The number of rotatable bonds is 3. The lowest BCUT2D eigenvalue weighted by molar-refractivity contribution is -0.206. The monoisotopic (exact) mass is 444 g/mol. The van der Waals surface area contributed by atoms with Crippen LogP contribution in [0.5, 0.6) is 5.75 Å². The van der Waals surface area contributed by atoms with Crippen LogP contribution < -0.4 is 5.48 Å². The summed E-state index contributed by atoms with van der Waals surface area (Å²) < 4.78 is 36.0. The molecule has 1 aliphatic carbocycles. The number of amides is 1. The fraction of sp³-hybridized carbons (Fsp3) is 0.348. The van der Waals surface area contributed by atoms with E-state index in [-0.39, 0.29) is 5.75 Å². The predicted molar refractivity (Wildman–Crippen MR) is 111 cm³/mol. The molecule has 1 amide bonds. The highest BCUT2D eigenvalue weighted by atomic mass is 19.2. The molecule has 2 aromatic carbocycles. The number of nitrogens with zero attached hydrogens (tertiary/aromatic N) is 1. The summed E-state index contributed by atoms with van der Waals surface area (Å²) in [5.74, 6) is -1.85. The lowest BCUT2D eigenvalue weighted by atomic mass is 9.67. The number of carbonyl (C=O) groups is 1. The van der Waals surface area contributed by atoms with E-state index in [9.17, 15) is 18.7 Å². The highest BCUT2D eigenvalue weighted by molar-refractivity contribution is 5.94. The minimum Gasteiger partial charge on any atom is -0.507 e. The summed E-state index contributed by atoms with van der Waals surface area (Å²) in [6.07, 6.45) is -0.930. The van der Waals surface area contributed by atoms with Crippen LogP contribution in [0.4, 0.5) is 13.6 Å². The van der Waals surface area contributed by atoms with Gasteiger partial charge in [0.25, 0.3) is 0 Å². The van der Waals surface area contributed by atoms with E-state index in [0.29, 0.717) is 36.0 Å². The van der Waals surface area contributed by atoms with Crippen molar-refractivity contribution in [3.05, 3.63) is 59.3 Å². The minimum atomic E-state index is -1.29.